The summed E-state index contributed by atoms with van der Waals surface area (Å²) in [7, 11) is 0. The molecule has 0 bridgehead atoms. The quantitative estimate of drug-likeness (QED) is 0.808. The van der Waals surface area contributed by atoms with E-state index in [1.165, 1.54) is 6.07 Å². The molecule has 0 unspecified atom stereocenters. The second-order valence-electron chi connectivity index (χ2n) is 5.78. The minimum Gasteiger partial charge on any atom is -0.406 e. The smallest absolute Gasteiger partial charge is 0.406 e. The zero-order valence-electron chi connectivity index (χ0n) is 13.9. The second-order valence-corrected chi connectivity index (χ2v) is 5.78. The number of H-pyrrole nitrogens is 1. The van der Waals surface area contributed by atoms with Gasteiger partial charge in [-0.25, -0.2) is 4.98 Å². The van der Waals surface area contributed by atoms with Gasteiger partial charge in [0.05, 0.1) is 24.7 Å². The van der Waals surface area contributed by atoms with Crippen LogP contribution in [-0.2, 0) is 17.8 Å². The Labute approximate surface area is 139 Å². The summed E-state index contributed by atoms with van der Waals surface area (Å²) in [5.41, 5.74) is 3.31. The first kappa shape index (κ1) is 18.3. The lowest BCUT2D eigenvalue weighted by Crippen LogP contribution is -2.17. The van der Waals surface area contributed by atoms with Crippen molar-refractivity contribution in [3.63, 3.8) is 0 Å². The highest BCUT2D eigenvalue weighted by Crippen LogP contribution is 2.27. The van der Waals surface area contributed by atoms with E-state index in [2.05, 4.69) is 14.7 Å². The number of nitrogens with one attached hydrogen (secondary N) is 1. The van der Waals surface area contributed by atoms with E-state index in [1.54, 1.807) is 25.4 Å². The van der Waals surface area contributed by atoms with Crippen LogP contribution in [0, 0.1) is 13.8 Å². The molecule has 0 saturated heterocycles. The Morgan fingerprint density at radius 3 is 2.58 bits per heavy atom. The van der Waals surface area contributed by atoms with Crippen molar-refractivity contribution in [3.05, 3.63) is 47.0 Å². The minimum absolute atomic E-state index is 0.0208. The van der Waals surface area contributed by atoms with Crippen molar-refractivity contribution in [3.8, 4) is 5.75 Å². The maximum Gasteiger partial charge on any atom is 0.573 e. The summed E-state index contributed by atoms with van der Waals surface area (Å²) in [6, 6.07) is 4.55. The van der Waals surface area contributed by atoms with Crippen molar-refractivity contribution >= 4 is 0 Å². The molecule has 4 nitrogen and oxygen atoms in total. The first-order valence-electron chi connectivity index (χ1n) is 7.70. The SMILES string of the molecule is Cc1cc(CO[C@@H](C)CCc2nc[nH]c2C)ccc1OC(F)(F)F. The van der Waals surface area contributed by atoms with Crippen LogP contribution in [0.25, 0.3) is 0 Å². The number of aromatic nitrogens is 2. The minimum atomic E-state index is -4.68. The van der Waals surface area contributed by atoms with Gasteiger partial charge in [0.1, 0.15) is 5.75 Å². The number of halogens is 3. The van der Waals surface area contributed by atoms with Crippen LogP contribution >= 0.6 is 0 Å². The predicted octanol–water partition coefficient (Wildman–Crippen LogP) is 4.46. The number of benzene rings is 1. The van der Waals surface area contributed by atoms with Gasteiger partial charge in [-0.3, -0.25) is 0 Å². The van der Waals surface area contributed by atoms with Crippen LogP contribution < -0.4 is 4.74 Å². The van der Waals surface area contributed by atoms with E-state index in [9.17, 15) is 13.2 Å². The van der Waals surface area contributed by atoms with Crippen LogP contribution in [0.5, 0.6) is 5.75 Å². The highest BCUT2D eigenvalue weighted by Gasteiger charge is 2.31. The molecule has 1 heterocycles. The Kier molecular flexibility index (Phi) is 5.88. The summed E-state index contributed by atoms with van der Waals surface area (Å²) in [6.45, 7) is 5.86. The molecule has 1 aromatic carbocycles. The molecule has 0 aliphatic heterocycles. The lowest BCUT2D eigenvalue weighted by Gasteiger charge is -2.15. The summed E-state index contributed by atoms with van der Waals surface area (Å²) in [5, 5.41) is 0. The van der Waals surface area contributed by atoms with E-state index in [1.807, 2.05) is 13.8 Å². The zero-order chi connectivity index (χ0) is 17.7. The van der Waals surface area contributed by atoms with E-state index in [-0.39, 0.29) is 11.9 Å². The van der Waals surface area contributed by atoms with E-state index >= 15 is 0 Å². The molecule has 0 saturated carbocycles. The Bertz CT molecular complexity index is 668. The molecule has 0 amide bonds. The lowest BCUT2D eigenvalue weighted by molar-refractivity contribution is -0.274. The number of rotatable bonds is 7. The van der Waals surface area contributed by atoms with E-state index in [0.29, 0.717) is 12.2 Å². The Hall–Kier alpha value is -2.02. The average molecular weight is 342 g/mol. The van der Waals surface area contributed by atoms with Crippen molar-refractivity contribution in [2.45, 2.75) is 52.7 Å². The number of hydrogen-bond donors (Lipinski definition) is 1. The summed E-state index contributed by atoms with van der Waals surface area (Å²) in [5.74, 6) is -0.187. The Balaban J connectivity index is 1.83. The van der Waals surface area contributed by atoms with Crippen LogP contribution in [0.1, 0.15) is 35.9 Å². The van der Waals surface area contributed by atoms with E-state index in [4.69, 9.17) is 4.74 Å². The van der Waals surface area contributed by atoms with Gasteiger partial charge in [-0.1, -0.05) is 12.1 Å². The fourth-order valence-electron chi connectivity index (χ4n) is 2.34. The number of aromatic amines is 1. The Morgan fingerprint density at radius 2 is 2.00 bits per heavy atom. The van der Waals surface area contributed by atoms with Crippen molar-refractivity contribution in [2.24, 2.45) is 0 Å². The van der Waals surface area contributed by atoms with Gasteiger partial charge >= 0.3 is 6.36 Å². The maximum atomic E-state index is 12.3. The van der Waals surface area contributed by atoms with Crippen LogP contribution in [0.15, 0.2) is 24.5 Å². The number of imidazole rings is 1. The predicted molar refractivity (Wildman–Crippen MR) is 83.8 cm³/mol. The summed E-state index contributed by atoms with van der Waals surface area (Å²) in [4.78, 5) is 7.27. The van der Waals surface area contributed by atoms with Gasteiger partial charge in [0.2, 0.25) is 0 Å². The maximum absolute atomic E-state index is 12.3. The third kappa shape index (κ3) is 5.56. The van der Waals surface area contributed by atoms with E-state index < -0.39 is 6.36 Å². The van der Waals surface area contributed by atoms with E-state index in [0.717, 1.165) is 29.8 Å². The van der Waals surface area contributed by atoms with Gasteiger partial charge in [0, 0.05) is 5.69 Å². The first-order chi connectivity index (χ1) is 11.2. The van der Waals surface area contributed by atoms with Gasteiger partial charge < -0.3 is 14.5 Å². The number of aryl methyl sites for hydroxylation is 3. The number of alkyl halides is 3. The van der Waals surface area contributed by atoms with Crippen molar-refractivity contribution in [2.75, 3.05) is 0 Å². The van der Waals surface area contributed by atoms with Gasteiger partial charge in [0.25, 0.3) is 0 Å². The molecular formula is C17H21F3N2O2. The lowest BCUT2D eigenvalue weighted by atomic mass is 10.1. The van der Waals surface area contributed by atoms with Gasteiger partial charge in [-0.05, 0) is 50.8 Å². The highest BCUT2D eigenvalue weighted by atomic mass is 19.4. The molecular weight excluding hydrogens is 321 g/mol. The number of hydrogen-bond acceptors (Lipinski definition) is 3. The fraction of sp³-hybridized carbons (Fsp3) is 0.471. The fourth-order valence-corrected chi connectivity index (χ4v) is 2.34. The summed E-state index contributed by atoms with van der Waals surface area (Å²) >= 11 is 0. The van der Waals surface area contributed by atoms with Crippen LogP contribution in [-0.4, -0.2) is 22.4 Å². The topological polar surface area (TPSA) is 47.1 Å². The van der Waals surface area contributed by atoms with Gasteiger partial charge in [-0.15, -0.1) is 13.2 Å². The molecule has 0 aliphatic rings. The molecule has 1 N–H and O–H groups in total. The molecule has 132 valence electrons. The normalized spacial score (nSPS) is 13.1. The molecule has 7 heteroatoms. The largest absolute Gasteiger partial charge is 0.573 e. The molecule has 0 aliphatic carbocycles. The van der Waals surface area contributed by atoms with Crippen LogP contribution in [0.2, 0.25) is 0 Å². The molecule has 2 aromatic rings. The second kappa shape index (κ2) is 7.70. The first-order valence-corrected chi connectivity index (χ1v) is 7.70. The summed E-state index contributed by atoms with van der Waals surface area (Å²) < 4.78 is 46.5. The number of ether oxygens (including phenoxy) is 2. The molecule has 24 heavy (non-hydrogen) atoms. The molecule has 2 rings (SSSR count). The molecule has 1 atom stereocenters. The highest BCUT2D eigenvalue weighted by molar-refractivity contribution is 5.36. The summed E-state index contributed by atoms with van der Waals surface area (Å²) in [6.07, 6.45) is -1.36. The van der Waals surface area contributed by atoms with Crippen molar-refractivity contribution < 1.29 is 22.6 Å². The molecule has 1 aromatic heterocycles. The van der Waals surface area contributed by atoms with Gasteiger partial charge in [0.15, 0.2) is 0 Å². The third-order valence-electron chi connectivity index (χ3n) is 3.72. The molecule has 0 fully saturated rings. The van der Waals surface area contributed by atoms with Crippen molar-refractivity contribution in [1.82, 2.24) is 9.97 Å². The van der Waals surface area contributed by atoms with Gasteiger partial charge in [-0.2, -0.15) is 0 Å². The standard InChI is InChI=1S/C17H21F3N2O2/c1-11-8-14(5-7-16(11)24-17(18,19)20)9-23-12(2)4-6-15-13(3)21-10-22-15/h5,7-8,10,12H,4,6,9H2,1-3H3,(H,21,22)/t12-/m0/s1. The zero-order valence-corrected chi connectivity index (χ0v) is 13.9. The average Bonchev–Trinajstić information content (AvgIpc) is 2.89. The Morgan fingerprint density at radius 1 is 1.25 bits per heavy atom. The van der Waals surface area contributed by atoms with Crippen molar-refractivity contribution in [1.29, 1.82) is 0 Å². The third-order valence-corrected chi connectivity index (χ3v) is 3.72. The monoisotopic (exact) mass is 342 g/mol. The van der Waals surface area contributed by atoms with Crippen LogP contribution in [0.4, 0.5) is 13.2 Å². The molecule has 0 radical (unpaired) electrons. The molecule has 0 spiro atoms. The number of nitrogens with zero attached hydrogens (tertiary/aromatic N) is 1. The van der Waals surface area contributed by atoms with Crippen LogP contribution in [0.3, 0.4) is 0 Å².